The van der Waals surface area contributed by atoms with E-state index in [4.69, 9.17) is 5.73 Å². The Bertz CT molecular complexity index is 231. The van der Waals surface area contributed by atoms with Crippen LogP contribution in [0.1, 0.15) is 47.0 Å². The highest BCUT2D eigenvalue weighted by Gasteiger charge is 2.27. The van der Waals surface area contributed by atoms with E-state index in [1.54, 1.807) is 7.05 Å². The van der Waals surface area contributed by atoms with Crippen LogP contribution in [0.5, 0.6) is 0 Å². The maximum atomic E-state index is 11.3. The van der Waals surface area contributed by atoms with Crippen LogP contribution >= 0.6 is 0 Å². The molecule has 0 aromatic rings. The maximum Gasteiger partial charge on any atom is 0.237 e. The molecule has 4 heteroatoms. The van der Waals surface area contributed by atoms with Gasteiger partial charge in [-0.2, -0.15) is 0 Å². The Hall–Kier alpha value is -0.610. The molecule has 1 atom stereocenters. The van der Waals surface area contributed by atoms with Gasteiger partial charge in [-0.1, -0.05) is 6.92 Å². The van der Waals surface area contributed by atoms with Crippen LogP contribution in [0.15, 0.2) is 0 Å². The van der Waals surface area contributed by atoms with E-state index in [1.165, 1.54) is 0 Å². The Morgan fingerprint density at radius 1 is 1.41 bits per heavy atom. The van der Waals surface area contributed by atoms with Crippen LogP contribution in [0, 0.1) is 0 Å². The van der Waals surface area contributed by atoms with Crippen molar-refractivity contribution in [1.82, 2.24) is 10.2 Å². The lowest BCUT2D eigenvalue weighted by molar-refractivity contribution is -0.123. The number of rotatable bonds is 9. The fourth-order valence-corrected chi connectivity index (χ4v) is 1.95. The van der Waals surface area contributed by atoms with Crippen molar-refractivity contribution in [2.45, 2.75) is 58.5 Å². The van der Waals surface area contributed by atoms with Crippen LogP contribution in [0.4, 0.5) is 0 Å². The molecule has 0 aliphatic carbocycles. The third-order valence-electron chi connectivity index (χ3n) is 3.60. The molecule has 1 unspecified atom stereocenters. The van der Waals surface area contributed by atoms with Crippen molar-refractivity contribution in [2.75, 3.05) is 20.1 Å². The van der Waals surface area contributed by atoms with Crippen LogP contribution in [0.3, 0.4) is 0 Å². The van der Waals surface area contributed by atoms with Gasteiger partial charge < -0.3 is 16.0 Å². The van der Waals surface area contributed by atoms with Gasteiger partial charge in [-0.05, 0) is 60.2 Å². The van der Waals surface area contributed by atoms with Crippen LogP contribution in [-0.2, 0) is 4.79 Å². The van der Waals surface area contributed by atoms with Gasteiger partial charge in [-0.3, -0.25) is 4.79 Å². The van der Waals surface area contributed by atoms with Crippen molar-refractivity contribution < 1.29 is 4.79 Å². The van der Waals surface area contributed by atoms with Gasteiger partial charge in [0.05, 0.1) is 5.54 Å². The lowest BCUT2D eigenvalue weighted by Gasteiger charge is -2.27. The van der Waals surface area contributed by atoms with Gasteiger partial charge >= 0.3 is 0 Å². The molecular formula is C13H29N3O. The zero-order valence-corrected chi connectivity index (χ0v) is 12.0. The van der Waals surface area contributed by atoms with Crippen LogP contribution in [0.2, 0.25) is 0 Å². The normalized spacial score (nSPS) is 15.2. The second-order valence-corrected chi connectivity index (χ2v) is 5.13. The lowest BCUT2D eigenvalue weighted by Crippen LogP contribution is -2.51. The summed E-state index contributed by atoms with van der Waals surface area (Å²) in [5.74, 6) is -0.267. The molecule has 0 spiro atoms. The van der Waals surface area contributed by atoms with Gasteiger partial charge in [-0.25, -0.2) is 0 Å². The molecule has 0 saturated carbocycles. The molecule has 0 heterocycles. The number of hydrogen-bond acceptors (Lipinski definition) is 3. The Kier molecular flexibility index (Phi) is 7.39. The van der Waals surface area contributed by atoms with Gasteiger partial charge in [0.25, 0.3) is 0 Å². The predicted octanol–water partition coefficient (Wildman–Crippen LogP) is 1.35. The van der Waals surface area contributed by atoms with Gasteiger partial charge in [-0.15, -0.1) is 0 Å². The molecule has 0 bridgehead atoms. The Labute approximate surface area is 106 Å². The first-order valence-electron chi connectivity index (χ1n) is 6.60. The van der Waals surface area contributed by atoms with E-state index < -0.39 is 5.54 Å². The van der Waals surface area contributed by atoms with E-state index in [-0.39, 0.29) is 5.91 Å². The van der Waals surface area contributed by atoms with Crippen molar-refractivity contribution in [3.63, 3.8) is 0 Å². The first-order chi connectivity index (χ1) is 7.87. The largest absolute Gasteiger partial charge is 0.368 e. The number of amides is 1. The van der Waals surface area contributed by atoms with E-state index in [2.05, 4.69) is 31.0 Å². The van der Waals surface area contributed by atoms with Gasteiger partial charge in [0.2, 0.25) is 5.91 Å². The summed E-state index contributed by atoms with van der Waals surface area (Å²) >= 11 is 0. The molecule has 0 rings (SSSR count). The number of primary amides is 1. The van der Waals surface area contributed by atoms with Crippen molar-refractivity contribution in [3.8, 4) is 0 Å². The molecule has 0 radical (unpaired) electrons. The first kappa shape index (κ1) is 16.4. The molecule has 0 fully saturated rings. The zero-order valence-electron chi connectivity index (χ0n) is 12.0. The standard InChI is InChI=1S/C13H29N3O/c1-6-16(11(2)3)10-8-7-9-13(4,15-5)12(14)17/h11,15H,6-10H2,1-5H3,(H2,14,17). The van der Waals surface area contributed by atoms with Crippen LogP contribution in [-0.4, -0.2) is 42.5 Å². The highest BCUT2D eigenvalue weighted by Crippen LogP contribution is 2.13. The number of likely N-dealkylation sites (N-methyl/N-ethyl adjacent to an activating group) is 1. The molecule has 102 valence electrons. The maximum absolute atomic E-state index is 11.3. The molecule has 0 aromatic carbocycles. The number of nitrogens with two attached hydrogens (primary N) is 1. The van der Waals surface area contributed by atoms with Crippen LogP contribution < -0.4 is 11.1 Å². The summed E-state index contributed by atoms with van der Waals surface area (Å²) in [7, 11) is 1.79. The lowest BCUT2D eigenvalue weighted by atomic mass is 9.94. The quantitative estimate of drug-likeness (QED) is 0.601. The number of unbranched alkanes of at least 4 members (excludes halogenated alkanes) is 1. The number of carbonyl (C=O) groups excluding carboxylic acids is 1. The number of carbonyl (C=O) groups is 1. The Balaban J connectivity index is 3.95. The molecular weight excluding hydrogens is 214 g/mol. The third kappa shape index (κ3) is 5.50. The summed E-state index contributed by atoms with van der Waals surface area (Å²) in [4.78, 5) is 13.7. The van der Waals surface area contributed by atoms with E-state index in [9.17, 15) is 4.79 Å². The summed E-state index contributed by atoms with van der Waals surface area (Å²) < 4.78 is 0. The second kappa shape index (κ2) is 7.67. The number of nitrogens with zero attached hydrogens (tertiary/aromatic N) is 1. The van der Waals surface area contributed by atoms with E-state index >= 15 is 0 Å². The van der Waals surface area contributed by atoms with Crippen molar-refractivity contribution in [1.29, 1.82) is 0 Å². The van der Waals surface area contributed by atoms with E-state index in [1.807, 2.05) is 6.92 Å². The predicted molar refractivity (Wildman–Crippen MR) is 72.9 cm³/mol. The van der Waals surface area contributed by atoms with Gasteiger partial charge in [0.1, 0.15) is 0 Å². The number of hydrogen-bond donors (Lipinski definition) is 2. The monoisotopic (exact) mass is 243 g/mol. The molecule has 4 nitrogen and oxygen atoms in total. The van der Waals surface area contributed by atoms with E-state index in [0.717, 1.165) is 32.4 Å². The molecule has 0 aromatic heterocycles. The van der Waals surface area contributed by atoms with Crippen LogP contribution in [0.25, 0.3) is 0 Å². The van der Waals surface area contributed by atoms with Crippen molar-refractivity contribution >= 4 is 5.91 Å². The third-order valence-corrected chi connectivity index (χ3v) is 3.60. The Morgan fingerprint density at radius 3 is 2.35 bits per heavy atom. The average molecular weight is 243 g/mol. The number of nitrogens with one attached hydrogen (secondary N) is 1. The molecule has 17 heavy (non-hydrogen) atoms. The smallest absolute Gasteiger partial charge is 0.237 e. The highest BCUT2D eigenvalue weighted by atomic mass is 16.1. The highest BCUT2D eigenvalue weighted by molar-refractivity contribution is 5.84. The van der Waals surface area contributed by atoms with E-state index in [0.29, 0.717) is 6.04 Å². The minimum absolute atomic E-state index is 0.267. The minimum Gasteiger partial charge on any atom is -0.368 e. The fraction of sp³-hybridized carbons (Fsp3) is 0.923. The summed E-state index contributed by atoms with van der Waals surface area (Å²) in [5.41, 5.74) is 4.83. The topological polar surface area (TPSA) is 58.4 Å². The summed E-state index contributed by atoms with van der Waals surface area (Å²) in [6, 6.07) is 0.590. The van der Waals surface area contributed by atoms with Gasteiger partial charge in [0.15, 0.2) is 0 Å². The second-order valence-electron chi connectivity index (χ2n) is 5.13. The summed E-state index contributed by atoms with van der Waals surface area (Å²) in [5, 5.41) is 3.01. The fourth-order valence-electron chi connectivity index (χ4n) is 1.95. The van der Waals surface area contributed by atoms with Gasteiger partial charge in [0, 0.05) is 6.04 Å². The Morgan fingerprint density at radius 2 is 2.00 bits per heavy atom. The molecule has 0 aliphatic heterocycles. The average Bonchev–Trinajstić information content (AvgIpc) is 2.27. The molecule has 1 amide bonds. The van der Waals surface area contributed by atoms with Crippen molar-refractivity contribution in [2.24, 2.45) is 5.73 Å². The SMILES string of the molecule is CCN(CCCCC(C)(NC)C(N)=O)C(C)C. The van der Waals surface area contributed by atoms with Crippen molar-refractivity contribution in [3.05, 3.63) is 0 Å². The molecule has 0 saturated heterocycles. The summed E-state index contributed by atoms with van der Waals surface area (Å²) in [6.45, 7) is 10.6. The minimum atomic E-state index is -0.561. The first-order valence-corrected chi connectivity index (χ1v) is 6.60. The summed E-state index contributed by atoms with van der Waals surface area (Å²) in [6.07, 6.45) is 2.93. The molecule has 0 aliphatic rings. The zero-order chi connectivity index (χ0) is 13.5. The molecule has 3 N–H and O–H groups in total.